The van der Waals surface area contributed by atoms with Crippen LogP contribution in [0.4, 0.5) is 4.79 Å². The normalized spacial score (nSPS) is 15.7. The number of rotatable bonds is 3. The topological polar surface area (TPSA) is 109 Å². The predicted molar refractivity (Wildman–Crippen MR) is 75.8 cm³/mol. The number of imide groups is 1. The first-order valence-electron chi connectivity index (χ1n) is 6.30. The molecule has 3 amide bonds. The summed E-state index contributed by atoms with van der Waals surface area (Å²) in [5.41, 5.74) is 0.839. The second kappa shape index (κ2) is 5.21. The number of carbonyl (C=O) groups is 3. The van der Waals surface area contributed by atoms with Crippen LogP contribution in [0.2, 0.25) is 0 Å². The summed E-state index contributed by atoms with van der Waals surface area (Å²) in [5, 5.41) is 13.4. The highest BCUT2D eigenvalue weighted by atomic mass is 16.4. The van der Waals surface area contributed by atoms with Crippen LogP contribution in [0, 0.1) is 0 Å². The number of carboxylic acids is 1. The highest BCUT2D eigenvalue weighted by Crippen LogP contribution is 2.24. The Hall–Kier alpha value is -3.35. The van der Waals surface area contributed by atoms with Crippen molar-refractivity contribution in [2.45, 2.75) is 0 Å². The number of carbonyl (C=O) groups excluding carboxylic acids is 2. The fourth-order valence-corrected chi connectivity index (χ4v) is 2.02. The van der Waals surface area contributed by atoms with Gasteiger partial charge < -0.3 is 14.8 Å². The molecule has 0 saturated carbocycles. The molecule has 1 saturated heterocycles. The van der Waals surface area contributed by atoms with Gasteiger partial charge in [0.2, 0.25) is 0 Å². The number of nitrogens with one attached hydrogen (secondary N) is 2. The van der Waals surface area contributed by atoms with Crippen LogP contribution in [0.1, 0.15) is 16.1 Å². The maximum atomic E-state index is 11.4. The molecule has 1 aromatic heterocycles. The van der Waals surface area contributed by atoms with Crippen molar-refractivity contribution in [1.82, 2.24) is 10.6 Å². The molecule has 0 spiro atoms. The Labute approximate surface area is 124 Å². The molecule has 3 N–H and O–H groups in total. The van der Waals surface area contributed by atoms with Crippen molar-refractivity contribution in [2.75, 3.05) is 0 Å². The Morgan fingerprint density at radius 1 is 1.14 bits per heavy atom. The number of hydrogen-bond donors (Lipinski definition) is 3. The minimum Gasteiger partial charge on any atom is -0.478 e. The summed E-state index contributed by atoms with van der Waals surface area (Å²) >= 11 is 0. The van der Waals surface area contributed by atoms with Gasteiger partial charge in [0.25, 0.3) is 5.91 Å². The van der Waals surface area contributed by atoms with Gasteiger partial charge >= 0.3 is 12.0 Å². The summed E-state index contributed by atoms with van der Waals surface area (Å²) in [6, 6.07) is 8.99. The second-order valence-electron chi connectivity index (χ2n) is 4.55. The van der Waals surface area contributed by atoms with Crippen molar-refractivity contribution in [2.24, 2.45) is 0 Å². The average Bonchev–Trinajstić information content (AvgIpc) is 3.06. The predicted octanol–water partition coefficient (Wildman–Crippen LogP) is 1.83. The van der Waals surface area contributed by atoms with Crippen molar-refractivity contribution < 1.29 is 23.9 Å². The van der Waals surface area contributed by atoms with Crippen molar-refractivity contribution in [3.8, 4) is 11.3 Å². The Kier molecular flexibility index (Phi) is 3.23. The minimum atomic E-state index is -1.03. The molecule has 1 aromatic carbocycles. The Bertz CT molecular complexity index is 819. The third kappa shape index (κ3) is 2.59. The van der Waals surface area contributed by atoms with E-state index in [9.17, 15) is 14.4 Å². The molecular weight excluding hydrogens is 288 g/mol. The monoisotopic (exact) mass is 298 g/mol. The summed E-state index contributed by atoms with van der Waals surface area (Å²) in [5.74, 6) is -0.736. The molecule has 1 aliphatic heterocycles. The van der Waals surface area contributed by atoms with Gasteiger partial charge in [-0.05, 0) is 24.3 Å². The van der Waals surface area contributed by atoms with Crippen molar-refractivity contribution in [3.05, 3.63) is 53.4 Å². The minimum absolute atomic E-state index is 0.0881. The lowest BCUT2D eigenvalue weighted by Crippen LogP contribution is -2.22. The third-order valence-electron chi connectivity index (χ3n) is 3.03. The van der Waals surface area contributed by atoms with E-state index in [1.54, 1.807) is 24.3 Å². The molecule has 2 aromatic rings. The molecule has 7 nitrogen and oxygen atoms in total. The molecule has 0 atom stereocenters. The van der Waals surface area contributed by atoms with Gasteiger partial charge in [-0.25, -0.2) is 9.59 Å². The van der Waals surface area contributed by atoms with Crippen LogP contribution in [-0.4, -0.2) is 23.0 Å². The highest BCUT2D eigenvalue weighted by molar-refractivity contribution is 6.13. The molecule has 0 aliphatic carbocycles. The van der Waals surface area contributed by atoms with E-state index in [1.165, 1.54) is 18.2 Å². The zero-order chi connectivity index (χ0) is 15.7. The number of benzene rings is 1. The van der Waals surface area contributed by atoms with Crippen LogP contribution >= 0.6 is 0 Å². The summed E-state index contributed by atoms with van der Waals surface area (Å²) in [7, 11) is 0. The van der Waals surface area contributed by atoms with Crippen LogP contribution in [0.5, 0.6) is 0 Å². The van der Waals surface area contributed by atoms with E-state index in [0.29, 0.717) is 17.1 Å². The molecule has 0 bridgehead atoms. The quantitative estimate of drug-likeness (QED) is 0.591. The van der Waals surface area contributed by atoms with E-state index in [2.05, 4.69) is 10.6 Å². The molecule has 1 fully saturated rings. The summed E-state index contributed by atoms with van der Waals surface area (Å²) in [6.07, 6.45) is 1.39. The van der Waals surface area contributed by atoms with Crippen LogP contribution in [0.25, 0.3) is 17.4 Å². The Morgan fingerprint density at radius 3 is 2.64 bits per heavy atom. The molecule has 22 heavy (non-hydrogen) atoms. The first kappa shape index (κ1) is 13.6. The second-order valence-corrected chi connectivity index (χ2v) is 4.55. The molecule has 3 rings (SSSR count). The maximum Gasteiger partial charge on any atom is 0.335 e. The molecule has 0 unspecified atom stereocenters. The Morgan fingerprint density at radius 2 is 1.95 bits per heavy atom. The molecular formula is C15H10N2O5. The molecule has 0 radical (unpaired) electrons. The standard InChI is InChI=1S/C15H10N2O5/c18-13-11(16-15(21)17-13)7-10-4-5-12(22-10)8-2-1-3-9(6-8)14(19)20/h1-7H,(H,19,20)(H2,16,17,18,21)/b11-7-. The molecule has 7 heteroatoms. The average molecular weight is 298 g/mol. The van der Waals surface area contributed by atoms with Crippen LogP contribution in [0.3, 0.4) is 0 Å². The van der Waals surface area contributed by atoms with Crippen LogP contribution in [-0.2, 0) is 4.79 Å². The summed E-state index contributed by atoms with van der Waals surface area (Å²) in [4.78, 5) is 33.4. The fraction of sp³-hybridized carbons (Fsp3) is 0. The SMILES string of the molecule is O=C1NC(=O)/C(=C/c2ccc(-c3cccc(C(=O)O)c3)o2)N1. The first-order chi connectivity index (χ1) is 10.5. The molecule has 1 aliphatic rings. The van der Waals surface area contributed by atoms with E-state index in [4.69, 9.17) is 9.52 Å². The zero-order valence-electron chi connectivity index (χ0n) is 11.1. The van der Waals surface area contributed by atoms with Gasteiger partial charge in [0.1, 0.15) is 17.2 Å². The number of aromatic carboxylic acids is 1. The van der Waals surface area contributed by atoms with Crippen LogP contribution in [0.15, 0.2) is 46.5 Å². The maximum absolute atomic E-state index is 11.4. The van der Waals surface area contributed by atoms with E-state index in [1.807, 2.05) is 0 Å². The van der Waals surface area contributed by atoms with E-state index < -0.39 is 17.9 Å². The fourth-order valence-electron chi connectivity index (χ4n) is 2.02. The van der Waals surface area contributed by atoms with Gasteiger partial charge in [-0.1, -0.05) is 12.1 Å². The number of amides is 3. The van der Waals surface area contributed by atoms with Gasteiger partial charge in [0, 0.05) is 11.6 Å². The Balaban J connectivity index is 1.90. The lowest BCUT2D eigenvalue weighted by Gasteiger charge is -1.99. The van der Waals surface area contributed by atoms with Crippen molar-refractivity contribution in [3.63, 3.8) is 0 Å². The largest absolute Gasteiger partial charge is 0.478 e. The molecule has 110 valence electrons. The molecule has 2 heterocycles. The lowest BCUT2D eigenvalue weighted by molar-refractivity contribution is -0.115. The zero-order valence-corrected chi connectivity index (χ0v) is 11.1. The summed E-state index contributed by atoms with van der Waals surface area (Å²) < 4.78 is 5.55. The highest BCUT2D eigenvalue weighted by Gasteiger charge is 2.23. The number of carboxylic acid groups (broad SMARTS) is 1. The van der Waals surface area contributed by atoms with Crippen molar-refractivity contribution in [1.29, 1.82) is 0 Å². The number of urea groups is 1. The number of hydrogen-bond acceptors (Lipinski definition) is 4. The van der Waals surface area contributed by atoms with Crippen LogP contribution < -0.4 is 10.6 Å². The third-order valence-corrected chi connectivity index (χ3v) is 3.03. The van der Waals surface area contributed by atoms with Crippen molar-refractivity contribution >= 4 is 24.0 Å². The number of furan rings is 1. The van der Waals surface area contributed by atoms with Gasteiger partial charge in [-0.2, -0.15) is 0 Å². The van der Waals surface area contributed by atoms with Gasteiger partial charge in [-0.3, -0.25) is 10.1 Å². The van der Waals surface area contributed by atoms with Gasteiger partial charge in [0.15, 0.2) is 0 Å². The summed E-state index contributed by atoms with van der Waals surface area (Å²) in [6.45, 7) is 0. The van der Waals surface area contributed by atoms with Gasteiger partial charge in [-0.15, -0.1) is 0 Å². The lowest BCUT2D eigenvalue weighted by atomic mass is 10.1. The van der Waals surface area contributed by atoms with E-state index in [-0.39, 0.29) is 11.3 Å². The van der Waals surface area contributed by atoms with Gasteiger partial charge in [0.05, 0.1) is 5.56 Å². The van der Waals surface area contributed by atoms with E-state index >= 15 is 0 Å². The first-order valence-corrected chi connectivity index (χ1v) is 6.30. The van der Waals surface area contributed by atoms with E-state index in [0.717, 1.165) is 0 Å². The smallest absolute Gasteiger partial charge is 0.335 e.